The highest BCUT2D eigenvalue weighted by Crippen LogP contribution is 2.24. The first-order valence-electron chi connectivity index (χ1n) is 8.26. The molecule has 5 nitrogen and oxygen atoms in total. The van der Waals surface area contributed by atoms with Gasteiger partial charge in [-0.1, -0.05) is 19.4 Å². The average molecular weight is 317 g/mol. The van der Waals surface area contributed by atoms with Crippen molar-refractivity contribution >= 4 is 21.9 Å². The number of nitrogens with zero attached hydrogens (tertiary/aromatic N) is 4. The van der Waals surface area contributed by atoms with E-state index in [1.165, 1.54) is 5.56 Å². The third-order valence-corrected chi connectivity index (χ3v) is 4.18. The van der Waals surface area contributed by atoms with Crippen molar-refractivity contribution in [1.82, 2.24) is 24.9 Å². The van der Waals surface area contributed by atoms with Crippen LogP contribution in [0.25, 0.3) is 21.9 Å². The maximum absolute atomic E-state index is 4.81. The summed E-state index contributed by atoms with van der Waals surface area (Å²) in [6.45, 7) is 4.16. The van der Waals surface area contributed by atoms with Crippen molar-refractivity contribution in [1.29, 1.82) is 0 Å². The maximum Gasteiger partial charge on any atom is 0.115 e. The molecule has 4 aromatic rings. The molecule has 0 aliphatic carbocycles. The molecule has 1 N–H and O–H groups in total. The number of hydrogen-bond donors (Lipinski definition) is 1. The van der Waals surface area contributed by atoms with Gasteiger partial charge in [-0.3, -0.25) is 4.98 Å². The zero-order valence-electron chi connectivity index (χ0n) is 13.9. The topological polar surface area (TPSA) is 67.3 Å². The molecule has 0 fully saturated rings. The summed E-state index contributed by atoms with van der Waals surface area (Å²) in [5.74, 6) is 0.901. The van der Waals surface area contributed by atoms with E-state index in [0.717, 1.165) is 52.0 Å². The van der Waals surface area contributed by atoms with E-state index in [-0.39, 0.29) is 0 Å². The van der Waals surface area contributed by atoms with E-state index < -0.39 is 0 Å². The van der Waals surface area contributed by atoms with E-state index in [1.54, 1.807) is 6.33 Å². The van der Waals surface area contributed by atoms with Crippen LogP contribution >= 0.6 is 0 Å². The van der Waals surface area contributed by atoms with Crippen LogP contribution in [-0.2, 0) is 12.8 Å². The SMILES string of the molecule is CCCc1ccc2ncc3[nH]c(Cc4cc(C)ncn4)nc3c2c1. The van der Waals surface area contributed by atoms with Crippen LogP contribution in [0.5, 0.6) is 0 Å². The largest absolute Gasteiger partial charge is 0.340 e. The van der Waals surface area contributed by atoms with Crippen LogP contribution in [0, 0.1) is 6.92 Å². The number of imidazole rings is 1. The van der Waals surface area contributed by atoms with Crippen molar-refractivity contribution < 1.29 is 0 Å². The third kappa shape index (κ3) is 2.73. The lowest BCUT2D eigenvalue weighted by Crippen LogP contribution is -1.96. The number of benzene rings is 1. The van der Waals surface area contributed by atoms with Gasteiger partial charge in [-0.05, 0) is 37.1 Å². The zero-order valence-corrected chi connectivity index (χ0v) is 13.9. The monoisotopic (exact) mass is 317 g/mol. The fourth-order valence-electron chi connectivity index (χ4n) is 3.06. The normalized spacial score (nSPS) is 11.4. The molecule has 120 valence electrons. The van der Waals surface area contributed by atoms with Gasteiger partial charge in [0.1, 0.15) is 12.2 Å². The van der Waals surface area contributed by atoms with Gasteiger partial charge in [0.15, 0.2) is 0 Å². The molecule has 0 saturated heterocycles. The quantitative estimate of drug-likeness (QED) is 0.622. The molecule has 3 aromatic heterocycles. The molecule has 0 aliphatic heterocycles. The second kappa shape index (κ2) is 6.00. The summed E-state index contributed by atoms with van der Waals surface area (Å²) in [5, 5.41) is 1.11. The minimum Gasteiger partial charge on any atom is -0.340 e. The van der Waals surface area contributed by atoms with Crippen molar-refractivity contribution in [3.8, 4) is 0 Å². The lowest BCUT2D eigenvalue weighted by atomic mass is 10.1. The van der Waals surface area contributed by atoms with Crippen molar-refractivity contribution in [3.05, 3.63) is 59.6 Å². The minimum absolute atomic E-state index is 0.661. The lowest BCUT2D eigenvalue weighted by Gasteiger charge is -2.02. The van der Waals surface area contributed by atoms with Gasteiger partial charge >= 0.3 is 0 Å². The van der Waals surface area contributed by atoms with Crippen molar-refractivity contribution in [2.45, 2.75) is 33.1 Å². The molecule has 0 spiro atoms. The van der Waals surface area contributed by atoms with Crippen molar-refractivity contribution in [2.75, 3.05) is 0 Å². The summed E-state index contributed by atoms with van der Waals surface area (Å²) in [6.07, 6.45) is 6.33. The summed E-state index contributed by atoms with van der Waals surface area (Å²) in [7, 11) is 0. The summed E-state index contributed by atoms with van der Waals surface area (Å²) >= 11 is 0. The van der Waals surface area contributed by atoms with Gasteiger partial charge in [-0.25, -0.2) is 15.0 Å². The van der Waals surface area contributed by atoms with E-state index >= 15 is 0 Å². The van der Waals surface area contributed by atoms with E-state index in [4.69, 9.17) is 4.98 Å². The van der Waals surface area contributed by atoms with Crippen molar-refractivity contribution in [2.24, 2.45) is 0 Å². The fraction of sp³-hybridized carbons (Fsp3) is 0.263. The molecular weight excluding hydrogens is 298 g/mol. The lowest BCUT2D eigenvalue weighted by molar-refractivity contribution is 0.923. The Morgan fingerprint density at radius 1 is 1.08 bits per heavy atom. The van der Waals surface area contributed by atoms with Crippen LogP contribution in [0.15, 0.2) is 36.8 Å². The molecule has 5 heteroatoms. The highest BCUT2D eigenvalue weighted by atomic mass is 14.9. The first-order chi connectivity index (χ1) is 11.7. The zero-order chi connectivity index (χ0) is 16.5. The fourth-order valence-corrected chi connectivity index (χ4v) is 3.06. The van der Waals surface area contributed by atoms with Crippen molar-refractivity contribution in [3.63, 3.8) is 0 Å². The number of H-pyrrole nitrogens is 1. The van der Waals surface area contributed by atoms with Gasteiger partial charge in [0.05, 0.1) is 28.4 Å². The predicted octanol–water partition coefficient (Wildman–Crippen LogP) is 3.75. The Labute approximate surface area is 140 Å². The summed E-state index contributed by atoms with van der Waals surface area (Å²) < 4.78 is 0. The van der Waals surface area contributed by atoms with Gasteiger partial charge in [0, 0.05) is 17.5 Å². The maximum atomic E-state index is 4.81. The molecule has 0 amide bonds. The van der Waals surface area contributed by atoms with Gasteiger partial charge in [-0.2, -0.15) is 0 Å². The first kappa shape index (κ1) is 14.8. The predicted molar refractivity (Wildman–Crippen MR) is 95.0 cm³/mol. The number of aryl methyl sites for hydroxylation is 2. The van der Waals surface area contributed by atoms with Gasteiger partial charge in [0.25, 0.3) is 0 Å². The van der Waals surface area contributed by atoms with E-state index in [1.807, 2.05) is 19.2 Å². The Bertz CT molecular complexity index is 1020. The molecule has 24 heavy (non-hydrogen) atoms. The van der Waals surface area contributed by atoms with Gasteiger partial charge in [0.2, 0.25) is 0 Å². The molecule has 0 unspecified atom stereocenters. The highest BCUT2D eigenvalue weighted by molar-refractivity contribution is 6.02. The van der Waals surface area contributed by atoms with Crippen LogP contribution < -0.4 is 0 Å². The number of pyridine rings is 1. The third-order valence-electron chi connectivity index (χ3n) is 4.18. The Hall–Kier alpha value is -2.82. The summed E-state index contributed by atoms with van der Waals surface area (Å²) in [4.78, 5) is 21.2. The Morgan fingerprint density at radius 3 is 2.83 bits per heavy atom. The van der Waals surface area contributed by atoms with Crippen LogP contribution in [0.1, 0.15) is 36.1 Å². The van der Waals surface area contributed by atoms with Crippen LogP contribution in [0.2, 0.25) is 0 Å². The number of nitrogens with one attached hydrogen (secondary N) is 1. The van der Waals surface area contributed by atoms with E-state index in [0.29, 0.717) is 6.42 Å². The first-order valence-corrected chi connectivity index (χ1v) is 8.26. The number of aromatic nitrogens is 5. The molecule has 3 heterocycles. The minimum atomic E-state index is 0.661. The number of hydrogen-bond acceptors (Lipinski definition) is 4. The molecule has 1 aromatic carbocycles. The molecule has 4 rings (SSSR count). The summed E-state index contributed by atoms with van der Waals surface area (Å²) in [6, 6.07) is 8.44. The van der Waals surface area contributed by atoms with Crippen LogP contribution in [0.3, 0.4) is 0 Å². The standard InChI is InChI=1S/C19H19N5/c1-3-4-13-5-6-16-15(8-13)19-17(10-20-16)23-18(24-19)9-14-7-12(2)21-11-22-14/h5-8,10-11H,3-4,9H2,1-2H3,(H,23,24). The molecule has 0 aliphatic rings. The van der Waals surface area contributed by atoms with Gasteiger partial charge < -0.3 is 4.98 Å². The second-order valence-electron chi connectivity index (χ2n) is 6.13. The molecule has 0 atom stereocenters. The van der Waals surface area contributed by atoms with E-state index in [2.05, 4.69) is 45.1 Å². The molecule has 0 saturated carbocycles. The Balaban J connectivity index is 1.79. The number of aromatic amines is 1. The Kier molecular flexibility index (Phi) is 3.69. The molecule has 0 bridgehead atoms. The van der Waals surface area contributed by atoms with Crippen LogP contribution in [-0.4, -0.2) is 24.9 Å². The second-order valence-corrected chi connectivity index (χ2v) is 6.13. The molecular formula is C19H19N5. The summed E-state index contributed by atoms with van der Waals surface area (Å²) in [5.41, 5.74) is 6.20. The number of rotatable bonds is 4. The highest BCUT2D eigenvalue weighted by Gasteiger charge is 2.10. The van der Waals surface area contributed by atoms with E-state index in [9.17, 15) is 0 Å². The Morgan fingerprint density at radius 2 is 2.00 bits per heavy atom. The van der Waals surface area contributed by atoms with Crippen LogP contribution in [0.4, 0.5) is 0 Å². The average Bonchev–Trinajstić information content (AvgIpc) is 2.98. The number of fused-ring (bicyclic) bond motifs is 3. The van der Waals surface area contributed by atoms with Gasteiger partial charge in [-0.15, -0.1) is 0 Å². The molecule has 0 radical (unpaired) electrons. The smallest absolute Gasteiger partial charge is 0.115 e.